The van der Waals surface area contributed by atoms with E-state index in [2.05, 4.69) is 0 Å². The summed E-state index contributed by atoms with van der Waals surface area (Å²) in [5, 5.41) is 9.39. The number of carbonyl (C=O) groups is 1. The van der Waals surface area contributed by atoms with E-state index in [9.17, 15) is 9.90 Å². The Morgan fingerprint density at radius 2 is 2.19 bits per heavy atom. The maximum atomic E-state index is 11.8. The lowest BCUT2D eigenvalue weighted by atomic mass is 9.92. The summed E-state index contributed by atoms with van der Waals surface area (Å²) in [4.78, 5) is 13.3. The number of aliphatic hydroxyl groups is 1. The first-order valence-electron chi connectivity index (χ1n) is 5.36. The number of ether oxygens (including phenoxy) is 2. The van der Waals surface area contributed by atoms with Crippen LogP contribution in [0.2, 0.25) is 0 Å². The lowest BCUT2D eigenvalue weighted by Crippen LogP contribution is -2.55. The highest BCUT2D eigenvalue weighted by Crippen LogP contribution is 2.37. The molecule has 1 aliphatic rings. The molecule has 1 heterocycles. The molecule has 1 N–H and O–H groups in total. The summed E-state index contributed by atoms with van der Waals surface area (Å²) >= 11 is 0. The fraction of sp³-hybridized carbons (Fsp3) is 0.909. The zero-order valence-corrected chi connectivity index (χ0v) is 10.6. The van der Waals surface area contributed by atoms with Crippen molar-refractivity contribution in [2.45, 2.75) is 39.5 Å². The molecule has 1 aliphatic heterocycles. The van der Waals surface area contributed by atoms with E-state index in [1.807, 2.05) is 20.8 Å². The van der Waals surface area contributed by atoms with Crippen molar-refractivity contribution in [2.75, 3.05) is 20.3 Å². The number of rotatable bonds is 1. The number of carbonyl (C=O) groups excluding carboxylic acids is 1. The number of aliphatic hydroxyl groups excluding tert-OH is 1. The number of hydrogen-bond acceptors (Lipinski definition) is 4. The molecule has 2 unspecified atom stereocenters. The van der Waals surface area contributed by atoms with Gasteiger partial charge in [0.2, 0.25) is 0 Å². The lowest BCUT2D eigenvalue weighted by molar-refractivity contribution is -0.0489. The maximum Gasteiger partial charge on any atom is 0.412 e. The van der Waals surface area contributed by atoms with Crippen molar-refractivity contribution in [1.29, 1.82) is 0 Å². The van der Waals surface area contributed by atoms with Gasteiger partial charge in [0.05, 0.1) is 25.9 Å². The zero-order valence-electron chi connectivity index (χ0n) is 10.6. The molecule has 1 fully saturated rings. The van der Waals surface area contributed by atoms with Crippen molar-refractivity contribution < 1.29 is 19.4 Å². The standard InChI is InChI=1S/C11H21NO4/c1-10(2,3)8-12(9(14)15-5)11(4,6-13)7-16-8/h8,13H,6-7H2,1-5H3. The van der Waals surface area contributed by atoms with E-state index < -0.39 is 11.6 Å². The van der Waals surface area contributed by atoms with Gasteiger partial charge in [-0.15, -0.1) is 0 Å². The average Bonchev–Trinajstić information content (AvgIpc) is 2.55. The van der Waals surface area contributed by atoms with E-state index in [0.29, 0.717) is 6.61 Å². The highest BCUT2D eigenvalue weighted by atomic mass is 16.6. The molecule has 16 heavy (non-hydrogen) atoms. The van der Waals surface area contributed by atoms with Gasteiger partial charge in [-0.25, -0.2) is 4.79 Å². The third-order valence-corrected chi connectivity index (χ3v) is 2.82. The largest absolute Gasteiger partial charge is 0.453 e. The first kappa shape index (κ1) is 13.3. The summed E-state index contributed by atoms with van der Waals surface area (Å²) in [5.74, 6) is 0. The quantitative estimate of drug-likeness (QED) is 0.737. The second-order valence-electron chi connectivity index (χ2n) is 5.52. The van der Waals surface area contributed by atoms with Gasteiger partial charge in [0.15, 0.2) is 0 Å². The molecule has 0 saturated carbocycles. The van der Waals surface area contributed by atoms with Crippen LogP contribution < -0.4 is 0 Å². The van der Waals surface area contributed by atoms with E-state index in [-0.39, 0.29) is 18.2 Å². The smallest absolute Gasteiger partial charge is 0.412 e. The Balaban J connectivity index is 3.02. The maximum absolute atomic E-state index is 11.8. The van der Waals surface area contributed by atoms with Crippen LogP contribution in [0.5, 0.6) is 0 Å². The van der Waals surface area contributed by atoms with Crippen LogP contribution in [0.25, 0.3) is 0 Å². The zero-order chi connectivity index (χ0) is 12.6. The summed E-state index contributed by atoms with van der Waals surface area (Å²) in [7, 11) is 1.33. The van der Waals surface area contributed by atoms with Crippen molar-refractivity contribution in [3.63, 3.8) is 0 Å². The van der Waals surface area contributed by atoms with E-state index in [0.717, 1.165) is 0 Å². The van der Waals surface area contributed by atoms with Crippen LogP contribution in [0, 0.1) is 5.41 Å². The minimum absolute atomic E-state index is 0.144. The highest BCUT2D eigenvalue weighted by molar-refractivity contribution is 5.69. The Morgan fingerprint density at radius 1 is 1.62 bits per heavy atom. The summed E-state index contributed by atoms with van der Waals surface area (Å²) < 4.78 is 10.4. The molecule has 0 aromatic rings. The monoisotopic (exact) mass is 231 g/mol. The Kier molecular flexibility index (Phi) is 3.50. The molecule has 0 aliphatic carbocycles. The molecule has 0 radical (unpaired) electrons. The van der Waals surface area contributed by atoms with Crippen molar-refractivity contribution in [1.82, 2.24) is 4.90 Å². The molecular formula is C11H21NO4. The van der Waals surface area contributed by atoms with Gasteiger partial charge < -0.3 is 14.6 Å². The lowest BCUT2D eigenvalue weighted by Gasteiger charge is -2.38. The molecule has 94 valence electrons. The Labute approximate surface area is 96.3 Å². The van der Waals surface area contributed by atoms with Crippen LogP contribution in [0.3, 0.4) is 0 Å². The summed E-state index contributed by atoms with van der Waals surface area (Å²) in [6, 6.07) is 0. The molecule has 1 rings (SSSR count). The average molecular weight is 231 g/mol. The van der Waals surface area contributed by atoms with Crippen LogP contribution >= 0.6 is 0 Å². The predicted octanol–water partition coefficient (Wildman–Crippen LogP) is 1.21. The summed E-state index contributed by atoms with van der Waals surface area (Å²) in [6.07, 6.45) is -0.842. The molecule has 5 heteroatoms. The van der Waals surface area contributed by atoms with E-state index in [1.54, 1.807) is 6.92 Å². The van der Waals surface area contributed by atoms with Gasteiger partial charge in [-0.1, -0.05) is 20.8 Å². The molecule has 0 aromatic carbocycles. The molecule has 0 bridgehead atoms. The number of amides is 1. The van der Waals surface area contributed by atoms with Crippen LogP contribution in [-0.4, -0.2) is 48.2 Å². The minimum Gasteiger partial charge on any atom is -0.453 e. The third kappa shape index (κ3) is 2.15. The molecule has 0 aromatic heterocycles. The topological polar surface area (TPSA) is 59.0 Å². The molecule has 2 atom stereocenters. The normalized spacial score (nSPS) is 30.6. The van der Waals surface area contributed by atoms with Gasteiger partial charge in [-0.3, -0.25) is 4.90 Å². The van der Waals surface area contributed by atoms with E-state index >= 15 is 0 Å². The Morgan fingerprint density at radius 3 is 2.56 bits per heavy atom. The second-order valence-corrected chi connectivity index (χ2v) is 5.52. The number of nitrogens with zero attached hydrogens (tertiary/aromatic N) is 1. The van der Waals surface area contributed by atoms with Gasteiger partial charge in [0.1, 0.15) is 6.23 Å². The van der Waals surface area contributed by atoms with Crippen LogP contribution in [0.15, 0.2) is 0 Å². The van der Waals surface area contributed by atoms with Crippen LogP contribution in [-0.2, 0) is 9.47 Å². The SMILES string of the molecule is COC(=O)N1C(C(C)(C)C)OCC1(C)CO. The fourth-order valence-electron chi connectivity index (χ4n) is 1.86. The van der Waals surface area contributed by atoms with Crippen LogP contribution in [0.1, 0.15) is 27.7 Å². The molecule has 1 saturated heterocycles. The van der Waals surface area contributed by atoms with Crippen molar-refractivity contribution in [3.05, 3.63) is 0 Å². The van der Waals surface area contributed by atoms with Gasteiger partial charge in [0.25, 0.3) is 0 Å². The molecule has 1 amide bonds. The number of hydrogen-bond donors (Lipinski definition) is 1. The van der Waals surface area contributed by atoms with E-state index in [4.69, 9.17) is 9.47 Å². The van der Waals surface area contributed by atoms with Gasteiger partial charge in [-0.2, -0.15) is 0 Å². The third-order valence-electron chi connectivity index (χ3n) is 2.82. The molecular weight excluding hydrogens is 210 g/mol. The Bertz CT molecular complexity index is 274. The second kappa shape index (κ2) is 4.22. The van der Waals surface area contributed by atoms with Crippen molar-refractivity contribution in [2.24, 2.45) is 5.41 Å². The molecule has 5 nitrogen and oxygen atoms in total. The van der Waals surface area contributed by atoms with E-state index in [1.165, 1.54) is 12.0 Å². The first-order valence-corrected chi connectivity index (χ1v) is 5.36. The Hall–Kier alpha value is -0.810. The van der Waals surface area contributed by atoms with Gasteiger partial charge in [0, 0.05) is 5.41 Å². The van der Waals surface area contributed by atoms with Crippen molar-refractivity contribution >= 4 is 6.09 Å². The number of methoxy groups -OCH3 is 1. The minimum atomic E-state index is -0.703. The van der Waals surface area contributed by atoms with Gasteiger partial charge >= 0.3 is 6.09 Å². The summed E-state index contributed by atoms with van der Waals surface area (Å²) in [6.45, 7) is 7.91. The first-order chi connectivity index (χ1) is 7.26. The van der Waals surface area contributed by atoms with Gasteiger partial charge in [-0.05, 0) is 6.92 Å². The predicted molar refractivity (Wildman–Crippen MR) is 58.9 cm³/mol. The summed E-state index contributed by atoms with van der Waals surface area (Å²) in [5.41, 5.74) is -0.924. The van der Waals surface area contributed by atoms with Crippen molar-refractivity contribution in [3.8, 4) is 0 Å². The van der Waals surface area contributed by atoms with Crippen LogP contribution in [0.4, 0.5) is 4.79 Å². The molecule has 0 spiro atoms. The fourth-order valence-corrected chi connectivity index (χ4v) is 1.86. The highest BCUT2D eigenvalue weighted by Gasteiger charge is 2.51.